The van der Waals surface area contributed by atoms with Gasteiger partial charge in [0.05, 0.1) is 16.1 Å². The standard InChI is InChI=1S/C26H34N4O3S/c1-16-22-4-3-21(34(2,32)33)12-23(22)28-25(27-16)30-7-5-20(6-8-30)24(31)29-26-13-17-9-18(14-26)11-19(10-17)15-26/h3-4,12,17-20H,5-11,13-15H2,1-2H3,(H,29,31). The highest BCUT2D eigenvalue weighted by Crippen LogP contribution is 2.55. The van der Waals surface area contributed by atoms with Gasteiger partial charge in [-0.25, -0.2) is 18.4 Å². The smallest absolute Gasteiger partial charge is 0.226 e. The number of benzene rings is 1. The molecule has 1 N–H and O–H groups in total. The van der Waals surface area contributed by atoms with Crippen LogP contribution in [0.5, 0.6) is 0 Å². The highest BCUT2D eigenvalue weighted by atomic mass is 32.2. The Bertz CT molecular complexity index is 1210. The fourth-order valence-electron chi connectivity index (χ4n) is 7.59. The van der Waals surface area contributed by atoms with E-state index in [1.54, 1.807) is 18.2 Å². The lowest BCUT2D eigenvalue weighted by atomic mass is 9.53. The third kappa shape index (κ3) is 3.97. The monoisotopic (exact) mass is 482 g/mol. The van der Waals surface area contributed by atoms with Crippen LogP contribution in [0.15, 0.2) is 23.1 Å². The average molecular weight is 483 g/mol. The molecular weight excluding hydrogens is 448 g/mol. The van der Waals surface area contributed by atoms with Crippen LogP contribution < -0.4 is 10.2 Å². The molecule has 1 aliphatic heterocycles. The van der Waals surface area contributed by atoms with Crippen molar-refractivity contribution in [3.05, 3.63) is 23.9 Å². The van der Waals surface area contributed by atoms with Gasteiger partial charge in [0.1, 0.15) is 0 Å². The molecule has 5 aliphatic rings. The van der Waals surface area contributed by atoms with E-state index in [2.05, 4.69) is 10.2 Å². The van der Waals surface area contributed by atoms with Crippen molar-refractivity contribution in [3.63, 3.8) is 0 Å². The normalized spacial score (nSPS) is 31.2. The number of aryl methyl sites for hydroxylation is 1. The quantitative estimate of drug-likeness (QED) is 0.715. The maximum atomic E-state index is 13.3. The Kier molecular flexibility index (Phi) is 5.17. The highest BCUT2D eigenvalue weighted by Gasteiger charge is 2.51. The van der Waals surface area contributed by atoms with Crippen molar-refractivity contribution < 1.29 is 13.2 Å². The summed E-state index contributed by atoms with van der Waals surface area (Å²) in [5.41, 5.74) is 1.55. The van der Waals surface area contributed by atoms with Gasteiger partial charge in [-0.15, -0.1) is 0 Å². The van der Waals surface area contributed by atoms with E-state index in [-0.39, 0.29) is 22.3 Å². The Morgan fingerprint density at radius 3 is 2.24 bits per heavy atom. The second-order valence-electron chi connectivity index (χ2n) is 11.5. The van der Waals surface area contributed by atoms with E-state index in [9.17, 15) is 13.2 Å². The molecule has 1 saturated heterocycles. The number of piperidine rings is 1. The molecule has 0 spiro atoms. The predicted octanol–water partition coefficient (Wildman–Crippen LogP) is 3.64. The lowest BCUT2D eigenvalue weighted by Crippen LogP contribution is -2.61. The van der Waals surface area contributed by atoms with Crippen molar-refractivity contribution >= 4 is 32.6 Å². The number of carbonyl (C=O) groups is 1. The van der Waals surface area contributed by atoms with E-state index < -0.39 is 9.84 Å². The Hall–Kier alpha value is -2.22. The van der Waals surface area contributed by atoms with E-state index >= 15 is 0 Å². The SMILES string of the molecule is Cc1nc(N2CCC(C(=O)NC34CC5CC(CC(C5)C3)C4)CC2)nc2cc(S(C)(=O)=O)ccc12. The van der Waals surface area contributed by atoms with E-state index in [1.165, 1.54) is 44.8 Å². The summed E-state index contributed by atoms with van der Waals surface area (Å²) in [5.74, 6) is 3.38. The molecule has 7 nitrogen and oxygen atoms in total. The second kappa shape index (κ2) is 7.90. The number of carbonyl (C=O) groups excluding carboxylic acids is 1. The van der Waals surface area contributed by atoms with Crippen molar-refractivity contribution in [1.82, 2.24) is 15.3 Å². The molecule has 5 fully saturated rings. The third-order valence-corrected chi connectivity index (χ3v) is 9.96. The predicted molar refractivity (Wildman–Crippen MR) is 131 cm³/mol. The van der Waals surface area contributed by atoms with Gasteiger partial charge in [-0.2, -0.15) is 0 Å². The van der Waals surface area contributed by atoms with Gasteiger partial charge in [0.25, 0.3) is 0 Å². The van der Waals surface area contributed by atoms with Gasteiger partial charge in [0.15, 0.2) is 9.84 Å². The zero-order chi connectivity index (χ0) is 23.7. The molecule has 34 heavy (non-hydrogen) atoms. The van der Waals surface area contributed by atoms with Crippen molar-refractivity contribution in [2.24, 2.45) is 23.7 Å². The zero-order valence-electron chi connectivity index (χ0n) is 20.1. The van der Waals surface area contributed by atoms with Crippen molar-refractivity contribution in [1.29, 1.82) is 0 Å². The fourth-order valence-corrected chi connectivity index (χ4v) is 8.23. The molecule has 4 aliphatic carbocycles. The van der Waals surface area contributed by atoms with Crippen LogP contribution in [0.25, 0.3) is 10.9 Å². The number of nitrogens with one attached hydrogen (secondary N) is 1. The molecule has 4 bridgehead atoms. The molecule has 7 rings (SSSR count). The molecule has 8 heteroatoms. The Morgan fingerprint density at radius 1 is 1.03 bits per heavy atom. The summed E-state index contributed by atoms with van der Waals surface area (Å²) in [6, 6.07) is 5.03. The maximum Gasteiger partial charge on any atom is 0.226 e. The summed E-state index contributed by atoms with van der Waals surface area (Å²) in [6.07, 6.45) is 10.5. The van der Waals surface area contributed by atoms with Crippen molar-refractivity contribution in [2.75, 3.05) is 24.2 Å². The molecular formula is C26H34N4O3S. The molecule has 1 aromatic heterocycles. The van der Waals surface area contributed by atoms with Crippen LogP contribution in [0, 0.1) is 30.6 Å². The van der Waals surface area contributed by atoms with Gasteiger partial charge in [-0.3, -0.25) is 4.79 Å². The molecule has 2 heterocycles. The minimum Gasteiger partial charge on any atom is -0.350 e. The number of hydrogen-bond donors (Lipinski definition) is 1. The number of aromatic nitrogens is 2. The van der Waals surface area contributed by atoms with Crippen LogP contribution in [0.1, 0.15) is 57.1 Å². The topological polar surface area (TPSA) is 92.3 Å². The number of anilines is 1. The molecule has 1 aromatic carbocycles. The van der Waals surface area contributed by atoms with Crippen LogP contribution in [-0.4, -0.2) is 49.2 Å². The lowest BCUT2D eigenvalue weighted by Gasteiger charge is -2.57. The summed E-state index contributed by atoms with van der Waals surface area (Å²) >= 11 is 0. The van der Waals surface area contributed by atoms with Crippen LogP contribution in [0.3, 0.4) is 0 Å². The van der Waals surface area contributed by atoms with Crippen LogP contribution in [0.2, 0.25) is 0 Å². The first kappa shape index (κ1) is 22.3. The minimum absolute atomic E-state index is 0.0441. The van der Waals surface area contributed by atoms with Crippen molar-refractivity contribution in [3.8, 4) is 0 Å². The number of rotatable bonds is 4. The first-order chi connectivity index (χ1) is 16.2. The Morgan fingerprint density at radius 2 is 1.65 bits per heavy atom. The first-order valence-corrected chi connectivity index (χ1v) is 14.6. The molecule has 182 valence electrons. The van der Waals surface area contributed by atoms with E-state index in [1.807, 2.05) is 6.92 Å². The molecule has 2 aromatic rings. The van der Waals surface area contributed by atoms with Gasteiger partial charge in [0.2, 0.25) is 11.9 Å². The van der Waals surface area contributed by atoms with Crippen molar-refractivity contribution in [2.45, 2.75) is 68.7 Å². The summed E-state index contributed by atoms with van der Waals surface area (Å²) in [5, 5.41) is 4.42. The summed E-state index contributed by atoms with van der Waals surface area (Å²) in [4.78, 5) is 25.1. The van der Waals surface area contributed by atoms with Crippen LogP contribution in [-0.2, 0) is 14.6 Å². The average Bonchev–Trinajstić information content (AvgIpc) is 2.77. The van der Waals surface area contributed by atoms with Crippen LogP contribution >= 0.6 is 0 Å². The lowest BCUT2D eigenvalue weighted by molar-refractivity contribution is -0.131. The number of sulfone groups is 1. The second-order valence-corrected chi connectivity index (χ2v) is 13.5. The summed E-state index contributed by atoms with van der Waals surface area (Å²) in [7, 11) is -3.30. The van der Waals surface area contributed by atoms with E-state index in [0.717, 1.165) is 54.8 Å². The number of nitrogens with zero attached hydrogens (tertiary/aromatic N) is 3. The van der Waals surface area contributed by atoms with Gasteiger partial charge in [-0.1, -0.05) is 0 Å². The summed E-state index contributed by atoms with van der Waals surface area (Å²) in [6.45, 7) is 3.39. The molecule has 0 unspecified atom stereocenters. The van der Waals surface area contributed by atoms with Gasteiger partial charge in [-0.05, 0) is 94.2 Å². The summed E-state index contributed by atoms with van der Waals surface area (Å²) < 4.78 is 24.0. The maximum absolute atomic E-state index is 13.3. The van der Waals surface area contributed by atoms with E-state index in [4.69, 9.17) is 9.97 Å². The Labute approximate surface area is 201 Å². The van der Waals surface area contributed by atoms with Gasteiger partial charge >= 0.3 is 0 Å². The van der Waals surface area contributed by atoms with E-state index in [0.29, 0.717) is 11.5 Å². The third-order valence-electron chi connectivity index (χ3n) is 8.85. The molecule has 0 radical (unpaired) electrons. The Balaban J connectivity index is 1.14. The first-order valence-electron chi connectivity index (χ1n) is 12.7. The van der Waals surface area contributed by atoms with Gasteiger partial charge < -0.3 is 10.2 Å². The highest BCUT2D eigenvalue weighted by molar-refractivity contribution is 7.90. The van der Waals surface area contributed by atoms with Crippen LogP contribution in [0.4, 0.5) is 5.95 Å². The number of hydrogen-bond acceptors (Lipinski definition) is 6. The molecule has 4 saturated carbocycles. The number of amides is 1. The largest absolute Gasteiger partial charge is 0.350 e. The zero-order valence-corrected chi connectivity index (χ0v) is 20.9. The minimum atomic E-state index is -3.30. The fraction of sp³-hybridized carbons (Fsp3) is 0.654. The molecule has 1 amide bonds. The van der Waals surface area contributed by atoms with Gasteiger partial charge in [0, 0.05) is 36.2 Å². The number of fused-ring (bicyclic) bond motifs is 1. The molecule has 0 atom stereocenters.